The van der Waals surface area contributed by atoms with E-state index in [4.69, 9.17) is 0 Å². The molecule has 1 aliphatic heterocycles. The number of ketones is 1. The van der Waals surface area contributed by atoms with Crippen LogP contribution >= 0.6 is 11.8 Å². The zero-order valence-electron chi connectivity index (χ0n) is 13.7. The van der Waals surface area contributed by atoms with E-state index in [0.717, 1.165) is 12.1 Å². The summed E-state index contributed by atoms with van der Waals surface area (Å²) in [6.07, 6.45) is 0.616. The lowest BCUT2D eigenvalue weighted by Gasteiger charge is -2.19. The maximum atomic E-state index is 14.5. The summed E-state index contributed by atoms with van der Waals surface area (Å²) in [7, 11) is 0. The molecule has 0 unspecified atom stereocenters. The van der Waals surface area contributed by atoms with Gasteiger partial charge < -0.3 is 10.6 Å². The van der Waals surface area contributed by atoms with Crippen LogP contribution < -0.4 is 10.6 Å². The number of hydrogen-bond acceptors (Lipinski definition) is 4. The second kappa shape index (κ2) is 8.27. The van der Waals surface area contributed by atoms with Crippen molar-refractivity contribution in [3.05, 3.63) is 65.0 Å². The quantitative estimate of drug-likeness (QED) is 0.780. The second-order valence-corrected chi connectivity index (χ2v) is 6.81. The van der Waals surface area contributed by atoms with Gasteiger partial charge in [-0.15, -0.1) is 11.8 Å². The van der Waals surface area contributed by atoms with Crippen LogP contribution in [0, 0.1) is 5.82 Å². The van der Waals surface area contributed by atoms with E-state index in [-0.39, 0.29) is 34.7 Å². The minimum Gasteiger partial charge on any atom is -0.323 e. The molecule has 2 N–H and O–H groups in total. The zero-order valence-corrected chi connectivity index (χ0v) is 14.5. The van der Waals surface area contributed by atoms with Crippen LogP contribution in [0.1, 0.15) is 21.5 Å². The van der Waals surface area contributed by atoms with Crippen LogP contribution in [0.2, 0.25) is 0 Å². The predicted octanol–water partition coefficient (Wildman–Crippen LogP) is 3.03. The van der Waals surface area contributed by atoms with Gasteiger partial charge in [-0.2, -0.15) is 0 Å². The molecular formula is C19H19FN2O2S. The number of Topliss-reactive ketones (excluding diaryl/α,β-unsaturated/α-hetero) is 1. The van der Waals surface area contributed by atoms with Gasteiger partial charge in [0.1, 0.15) is 5.82 Å². The van der Waals surface area contributed by atoms with E-state index in [1.807, 2.05) is 12.1 Å². The van der Waals surface area contributed by atoms with Gasteiger partial charge in [-0.05, 0) is 30.2 Å². The second-order valence-electron chi connectivity index (χ2n) is 5.82. The highest BCUT2D eigenvalue weighted by atomic mass is 32.2. The van der Waals surface area contributed by atoms with Crippen molar-refractivity contribution in [1.82, 2.24) is 5.32 Å². The van der Waals surface area contributed by atoms with Gasteiger partial charge in [0, 0.05) is 12.1 Å². The van der Waals surface area contributed by atoms with Gasteiger partial charge in [-0.25, -0.2) is 4.39 Å². The number of thioether (sulfide) groups is 1. The van der Waals surface area contributed by atoms with E-state index >= 15 is 0 Å². The summed E-state index contributed by atoms with van der Waals surface area (Å²) in [5.74, 6) is -0.353. The van der Waals surface area contributed by atoms with Crippen molar-refractivity contribution in [2.24, 2.45) is 0 Å². The van der Waals surface area contributed by atoms with Gasteiger partial charge in [-0.1, -0.05) is 36.4 Å². The number of rotatable bonds is 6. The molecule has 2 aromatic rings. The Kier molecular flexibility index (Phi) is 5.83. The Balaban J connectivity index is 1.52. The molecule has 0 radical (unpaired) electrons. The van der Waals surface area contributed by atoms with Crippen molar-refractivity contribution >= 4 is 29.1 Å². The lowest BCUT2D eigenvalue weighted by Crippen LogP contribution is -2.25. The van der Waals surface area contributed by atoms with Gasteiger partial charge in [0.05, 0.1) is 17.2 Å². The Bertz CT molecular complexity index is 780. The highest BCUT2D eigenvalue weighted by Crippen LogP contribution is 2.24. The first kappa shape index (κ1) is 17.6. The molecule has 0 spiro atoms. The molecule has 0 aliphatic carbocycles. The van der Waals surface area contributed by atoms with Crippen LogP contribution in [-0.2, 0) is 17.8 Å². The van der Waals surface area contributed by atoms with E-state index in [1.54, 1.807) is 30.3 Å². The smallest absolute Gasteiger partial charge is 0.234 e. The van der Waals surface area contributed by atoms with Gasteiger partial charge in [0.15, 0.2) is 5.78 Å². The Labute approximate surface area is 150 Å². The van der Waals surface area contributed by atoms with E-state index < -0.39 is 0 Å². The Morgan fingerprint density at radius 1 is 1.12 bits per heavy atom. The molecule has 0 saturated heterocycles. The van der Waals surface area contributed by atoms with Crippen LogP contribution in [0.15, 0.2) is 42.5 Å². The van der Waals surface area contributed by atoms with Crippen LogP contribution in [0.4, 0.5) is 10.1 Å². The Hall–Kier alpha value is -2.18. The molecule has 3 rings (SSSR count). The Morgan fingerprint density at radius 3 is 2.72 bits per heavy atom. The van der Waals surface area contributed by atoms with Gasteiger partial charge in [-0.3, -0.25) is 9.59 Å². The molecule has 6 heteroatoms. The fourth-order valence-electron chi connectivity index (χ4n) is 2.76. The van der Waals surface area contributed by atoms with E-state index in [2.05, 4.69) is 10.6 Å². The molecule has 1 amide bonds. The number of carbonyl (C=O) groups is 2. The van der Waals surface area contributed by atoms with Crippen molar-refractivity contribution in [2.45, 2.75) is 13.0 Å². The number of benzene rings is 2. The van der Waals surface area contributed by atoms with Gasteiger partial charge in [0.25, 0.3) is 0 Å². The van der Waals surface area contributed by atoms with Gasteiger partial charge in [0.2, 0.25) is 5.91 Å². The first-order chi connectivity index (χ1) is 12.1. The minimum absolute atomic E-state index is 0.0224. The maximum absolute atomic E-state index is 14.5. The highest BCUT2D eigenvalue weighted by Gasteiger charge is 2.17. The van der Waals surface area contributed by atoms with Gasteiger partial charge >= 0.3 is 0 Å². The number of amides is 1. The SMILES string of the molecule is O=C(CSCC(=O)c1ccccc1)Nc1ccc2c(c1F)CCNC2. The predicted molar refractivity (Wildman–Crippen MR) is 98.5 cm³/mol. The topological polar surface area (TPSA) is 58.2 Å². The monoisotopic (exact) mass is 358 g/mol. The fourth-order valence-corrected chi connectivity index (χ4v) is 3.47. The summed E-state index contributed by atoms with van der Waals surface area (Å²) in [6, 6.07) is 12.4. The summed E-state index contributed by atoms with van der Waals surface area (Å²) in [5, 5.41) is 5.80. The van der Waals surface area contributed by atoms with Crippen LogP contribution in [0.25, 0.3) is 0 Å². The third-order valence-corrected chi connectivity index (χ3v) is 4.98. The average molecular weight is 358 g/mol. The zero-order chi connectivity index (χ0) is 17.6. The van der Waals surface area contributed by atoms with E-state index in [9.17, 15) is 14.0 Å². The standard InChI is InChI=1S/C19H19FN2O2S/c20-19-15-8-9-21-10-14(15)6-7-16(19)22-18(24)12-25-11-17(23)13-4-2-1-3-5-13/h1-7,21H,8-12H2,(H,22,24). The van der Waals surface area contributed by atoms with Crippen molar-refractivity contribution in [3.8, 4) is 0 Å². The van der Waals surface area contributed by atoms with E-state index in [1.165, 1.54) is 11.8 Å². The largest absolute Gasteiger partial charge is 0.323 e. The summed E-state index contributed by atoms with van der Waals surface area (Å²) in [6.45, 7) is 1.39. The molecule has 0 saturated carbocycles. The number of anilines is 1. The molecule has 0 atom stereocenters. The van der Waals surface area contributed by atoms with Crippen molar-refractivity contribution < 1.29 is 14.0 Å². The normalized spacial score (nSPS) is 13.2. The highest BCUT2D eigenvalue weighted by molar-refractivity contribution is 8.00. The van der Waals surface area contributed by atoms with Crippen molar-refractivity contribution in [3.63, 3.8) is 0 Å². The average Bonchev–Trinajstić information content (AvgIpc) is 2.65. The number of carbonyl (C=O) groups excluding carboxylic acids is 2. The van der Waals surface area contributed by atoms with Crippen molar-refractivity contribution in [2.75, 3.05) is 23.4 Å². The lowest BCUT2D eigenvalue weighted by atomic mass is 9.99. The summed E-state index contributed by atoms with van der Waals surface area (Å²) >= 11 is 1.22. The molecule has 1 aliphatic rings. The lowest BCUT2D eigenvalue weighted by molar-refractivity contribution is -0.113. The summed E-state index contributed by atoms with van der Waals surface area (Å²) in [5.41, 5.74) is 2.44. The number of halogens is 1. The van der Waals surface area contributed by atoms with Crippen molar-refractivity contribution in [1.29, 1.82) is 0 Å². The number of fused-ring (bicyclic) bond motifs is 1. The van der Waals surface area contributed by atoms with Crippen LogP contribution in [0.3, 0.4) is 0 Å². The molecular weight excluding hydrogens is 339 g/mol. The molecule has 0 aromatic heterocycles. The number of hydrogen-bond donors (Lipinski definition) is 2. The number of nitrogens with one attached hydrogen (secondary N) is 2. The molecule has 25 heavy (non-hydrogen) atoms. The molecule has 130 valence electrons. The van der Waals surface area contributed by atoms with Crippen LogP contribution in [-0.4, -0.2) is 29.7 Å². The third-order valence-electron chi connectivity index (χ3n) is 4.04. The first-order valence-corrected chi connectivity index (χ1v) is 9.27. The molecule has 4 nitrogen and oxygen atoms in total. The molecule has 0 fully saturated rings. The Morgan fingerprint density at radius 2 is 1.92 bits per heavy atom. The molecule has 0 bridgehead atoms. The molecule has 2 aromatic carbocycles. The maximum Gasteiger partial charge on any atom is 0.234 e. The minimum atomic E-state index is -0.349. The van der Waals surface area contributed by atoms with E-state index in [0.29, 0.717) is 24.1 Å². The molecule has 1 heterocycles. The fraction of sp³-hybridized carbons (Fsp3) is 0.263. The van der Waals surface area contributed by atoms with Crippen LogP contribution in [0.5, 0.6) is 0 Å². The summed E-state index contributed by atoms with van der Waals surface area (Å²) in [4.78, 5) is 24.0. The summed E-state index contributed by atoms with van der Waals surface area (Å²) < 4.78 is 14.5. The first-order valence-electron chi connectivity index (χ1n) is 8.12. The third kappa shape index (κ3) is 4.46.